The molecule has 0 radical (unpaired) electrons. The van der Waals surface area contributed by atoms with Gasteiger partial charge in [0.05, 0.1) is 18.2 Å². The highest BCUT2D eigenvalue weighted by Gasteiger charge is 2.42. The number of amides is 1. The van der Waals surface area contributed by atoms with Crippen molar-refractivity contribution in [2.24, 2.45) is 13.0 Å². The fourth-order valence-electron chi connectivity index (χ4n) is 2.96. The highest BCUT2D eigenvalue weighted by atomic mass is 16.4. The maximum atomic E-state index is 12.2. The number of aromatic nitrogens is 2. The van der Waals surface area contributed by atoms with E-state index in [1.807, 2.05) is 27.8 Å². The molecule has 2 heterocycles. The van der Waals surface area contributed by atoms with Crippen LogP contribution in [0.1, 0.15) is 44.0 Å². The fraction of sp³-hybridized carbons (Fsp3) is 0.643. The third-order valence-electron chi connectivity index (χ3n) is 4.10. The third-order valence-corrected chi connectivity index (χ3v) is 4.10. The molecule has 1 amide bonds. The summed E-state index contributed by atoms with van der Waals surface area (Å²) in [5.41, 5.74) is 1.74. The Balaban J connectivity index is 2.51. The van der Waals surface area contributed by atoms with Crippen molar-refractivity contribution in [2.45, 2.75) is 45.7 Å². The van der Waals surface area contributed by atoms with Gasteiger partial charge in [0.25, 0.3) is 0 Å². The van der Waals surface area contributed by atoms with E-state index in [-0.39, 0.29) is 11.9 Å². The van der Waals surface area contributed by atoms with Crippen molar-refractivity contribution in [1.82, 2.24) is 14.7 Å². The minimum Gasteiger partial charge on any atom is -0.481 e. The van der Waals surface area contributed by atoms with Crippen LogP contribution in [0.15, 0.2) is 6.20 Å². The molecule has 6 heteroatoms. The van der Waals surface area contributed by atoms with Gasteiger partial charge in [0.1, 0.15) is 0 Å². The van der Waals surface area contributed by atoms with Crippen LogP contribution >= 0.6 is 0 Å². The van der Waals surface area contributed by atoms with Crippen molar-refractivity contribution in [2.75, 3.05) is 0 Å². The molecule has 0 spiro atoms. The zero-order valence-corrected chi connectivity index (χ0v) is 12.3. The zero-order valence-electron chi connectivity index (χ0n) is 12.3. The number of carbonyl (C=O) groups is 2. The van der Waals surface area contributed by atoms with E-state index < -0.39 is 17.9 Å². The van der Waals surface area contributed by atoms with Gasteiger partial charge in [-0.2, -0.15) is 5.10 Å². The van der Waals surface area contributed by atoms with E-state index in [0.29, 0.717) is 12.8 Å². The van der Waals surface area contributed by atoms with Crippen LogP contribution in [0.5, 0.6) is 0 Å². The maximum Gasteiger partial charge on any atom is 0.308 e. The molecule has 2 rings (SSSR count). The lowest BCUT2D eigenvalue weighted by molar-refractivity contribution is -0.153. The van der Waals surface area contributed by atoms with Crippen LogP contribution in [0.4, 0.5) is 0 Å². The minimum absolute atomic E-state index is 0.0192. The van der Waals surface area contributed by atoms with Crippen molar-refractivity contribution in [1.29, 1.82) is 0 Å². The second-order valence-corrected chi connectivity index (χ2v) is 5.63. The van der Waals surface area contributed by atoms with Crippen LogP contribution in [-0.4, -0.2) is 37.7 Å². The Bertz CT molecular complexity index is 536. The van der Waals surface area contributed by atoms with E-state index in [1.165, 1.54) is 0 Å². The maximum absolute atomic E-state index is 12.2. The summed E-state index contributed by atoms with van der Waals surface area (Å²) < 4.78 is 1.71. The topological polar surface area (TPSA) is 75.4 Å². The molecule has 6 nitrogen and oxygen atoms in total. The van der Waals surface area contributed by atoms with E-state index in [9.17, 15) is 14.7 Å². The molecule has 0 saturated carbocycles. The van der Waals surface area contributed by atoms with Gasteiger partial charge in [-0.1, -0.05) is 0 Å². The van der Waals surface area contributed by atoms with Crippen molar-refractivity contribution in [3.63, 3.8) is 0 Å². The van der Waals surface area contributed by atoms with Gasteiger partial charge in [0, 0.05) is 30.8 Å². The molecule has 2 unspecified atom stereocenters. The summed E-state index contributed by atoms with van der Waals surface area (Å²) in [5, 5.41) is 13.7. The van der Waals surface area contributed by atoms with Gasteiger partial charge < -0.3 is 10.0 Å². The lowest BCUT2D eigenvalue weighted by Crippen LogP contribution is -2.48. The summed E-state index contributed by atoms with van der Waals surface area (Å²) in [5.74, 6) is -1.40. The average molecular weight is 279 g/mol. The van der Waals surface area contributed by atoms with Crippen molar-refractivity contribution in [3.8, 4) is 0 Å². The number of carbonyl (C=O) groups excluding carboxylic acids is 1. The normalized spacial score (nSPS) is 23.4. The molecule has 0 aromatic carbocycles. The minimum atomic E-state index is -0.851. The molecule has 110 valence electrons. The number of carboxylic acid groups (broad SMARTS) is 1. The van der Waals surface area contributed by atoms with E-state index in [2.05, 4.69) is 5.10 Å². The molecule has 1 saturated heterocycles. The van der Waals surface area contributed by atoms with E-state index in [4.69, 9.17) is 0 Å². The standard InChI is InChI=1S/C14H21N3O3/c1-8(2)17-12(18)6-5-10(14(19)20)13(17)11-7-15-16(4)9(11)3/h7-8,10,13H,5-6H2,1-4H3,(H,19,20). The fourth-order valence-corrected chi connectivity index (χ4v) is 2.96. The predicted octanol–water partition coefficient (Wildman–Crippen LogP) is 1.50. The molecular weight excluding hydrogens is 258 g/mol. The molecule has 1 aromatic heterocycles. The number of aliphatic carboxylic acids is 1. The van der Waals surface area contributed by atoms with Crippen molar-refractivity contribution < 1.29 is 14.7 Å². The monoisotopic (exact) mass is 279 g/mol. The van der Waals surface area contributed by atoms with Gasteiger partial charge in [0.15, 0.2) is 0 Å². The number of carboxylic acids is 1. The Kier molecular flexibility index (Phi) is 3.83. The first-order valence-corrected chi connectivity index (χ1v) is 6.87. The second kappa shape index (κ2) is 5.26. The molecule has 0 aliphatic carbocycles. The Labute approximate surface area is 118 Å². The molecule has 1 aromatic rings. The van der Waals surface area contributed by atoms with Crippen LogP contribution in [-0.2, 0) is 16.6 Å². The number of nitrogens with zero attached hydrogens (tertiary/aromatic N) is 3. The van der Waals surface area contributed by atoms with Crippen LogP contribution in [0.2, 0.25) is 0 Å². The highest BCUT2D eigenvalue weighted by Crippen LogP contribution is 2.39. The van der Waals surface area contributed by atoms with Gasteiger partial charge in [-0.3, -0.25) is 14.3 Å². The summed E-state index contributed by atoms with van der Waals surface area (Å²) in [6.45, 7) is 5.74. The van der Waals surface area contributed by atoms with Gasteiger partial charge in [-0.15, -0.1) is 0 Å². The first kappa shape index (κ1) is 14.6. The Hall–Kier alpha value is -1.85. The lowest BCUT2D eigenvalue weighted by atomic mass is 9.83. The lowest BCUT2D eigenvalue weighted by Gasteiger charge is -2.42. The summed E-state index contributed by atoms with van der Waals surface area (Å²) in [4.78, 5) is 25.5. The first-order valence-electron chi connectivity index (χ1n) is 6.87. The Morgan fingerprint density at radius 3 is 2.60 bits per heavy atom. The van der Waals surface area contributed by atoms with Crippen LogP contribution in [0, 0.1) is 12.8 Å². The average Bonchev–Trinajstić information content (AvgIpc) is 2.68. The quantitative estimate of drug-likeness (QED) is 0.909. The molecule has 20 heavy (non-hydrogen) atoms. The SMILES string of the molecule is Cc1c(C2C(C(=O)O)CCC(=O)N2C(C)C)cnn1C. The Morgan fingerprint density at radius 1 is 1.50 bits per heavy atom. The summed E-state index contributed by atoms with van der Waals surface area (Å²) in [6.07, 6.45) is 2.37. The molecule has 1 aliphatic rings. The number of hydrogen-bond donors (Lipinski definition) is 1. The van der Waals surface area contributed by atoms with E-state index in [0.717, 1.165) is 11.3 Å². The molecule has 1 N–H and O–H groups in total. The number of hydrogen-bond acceptors (Lipinski definition) is 3. The van der Waals surface area contributed by atoms with Crippen LogP contribution < -0.4 is 0 Å². The second-order valence-electron chi connectivity index (χ2n) is 5.63. The molecule has 0 bridgehead atoms. The van der Waals surface area contributed by atoms with Crippen molar-refractivity contribution >= 4 is 11.9 Å². The van der Waals surface area contributed by atoms with Crippen molar-refractivity contribution in [3.05, 3.63) is 17.5 Å². The van der Waals surface area contributed by atoms with Crippen LogP contribution in [0.3, 0.4) is 0 Å². The Morgan fingerprint density at radius 2 is 2.15 bits per heavy atom. The predicted molar refractivity (Wildman–Crippen MR) is 73.0 cm³/mol. The number of rotatable bonds is 3. The summed E-state index contributed by atoms with van der Waals surface area (Å²) in [6, 6.07) is -0.461. The molecule has 1 fully saturated rings. The van der Waals surface area contributed by atoms with Crippen LogP contribution in [0.25, 0.3) is 0 Å². The van der Waals surface area contributed by atoms with Gasteiger partial charge in [-0.05, 0) is 27.2 Å². The smallest absolute Gasteiger partial charge is 0.308 e. The first-order chi connectivity index (χ1) is 9.34. The van der Waals surface area contributed by atoms with E-state index >= 15 is 0 Å². The van der Waals surface area contributed by atoms with Gasteiger partial charge >= 0.3 is 5.97 Å². The van der Waals surface area contributed by atoms with E-state index in [1.54, 1.807) is 15.8 Å². The highest BCUT2D eigenvalue weighted by molar-refractivity contribution is 5.82. The molecule has 2 atom stereocenters. The zero-order chi connectivity index (χ0) is 15.0. The molecular formula is C14H21N3O3. The number of aryl methyl sites for hydroxylation is 1. The molecule has 1 aliphatic heterocycles. The largest absolute Gasteiger partial charge is 0.481 e. The number of likely N-dealkylation sites (tertiary alicyclic amines) is 1. The summed E-state index contributed by atoms with van der Waals surface area (Å²) >= 11 is 0. The van der Waals surface area contributed by atoms with Gasteiger partial charge in [-0.25, -0.2) is 0 Å². The third kappa shape index (κ3) is 2.30. The summed E-state index contributed by atoms with van der Waals surface area (Å²) in [7, 11) is 1.82. The van der Waals surface area contributed by atoms with Gasteiger partial charge in [0.2, 0.25) is 5.91 Å². The number of piperidine rings is 1.